The maximum Gasteiger partial charge on any atom is 0.234 e. The lowest BCUT2D eigenvalue weighted by Crippen LogP contribution is -2.63. The molecule has 2 aliphatic carbocycles. The van der Waals surface area contributed by atoms with Crippen LogP contribution in [0.1, 0.15) is 70.6 Å². The van der Waals surface area contributed by atoms with Crippen LogP contribution in [0.15, 0.2) is 0 Å². The SMILES string of the molecule is Cl.O=C(CN1CCNCC12CCCCC2)NC1CCCCCC1. The van der Waals surface area contributed by atoms with Crippen LogP contribution in [-0.2, 0) is 4.79 Å². The van der Waals surface area contributed by atoms with Gasteiger partial charge in [0.1, 0.15) is 0 Å². The van der Waals surface area contributed by atoms with E-state index in [0.29, 0.717) is 12.6 Å². The monoisotopic (exact) mass is 343 g/mol. The molecule has 4 nitrogen and oxygen atoms in total. The molecule has 23 heavy (non-hydrogen) atoms. The number of nitrogens with zero attached hydrogens (tertiary/aromatic N) is 1. The number of nitrogens with one attached hydrogen (secondary N) is 2. The van der Waals surface area contributed by atoms with Gasteiger partial charge >= 0.3 is 0 Å². The van der Waals surface area contributed by atoms with E-state index in [0.717, 1.165) is 19.6 Å². The summed E-state index contributed by atoms with van der Waals surface area (Å²) in [5.74, 6) is 0.263. The Kier molecular flexibility index (Phi) is 7.64. The Morgan fingerprint density at radius 1 is 1.04 bits per heavy atom. The molecule has 1 aliphatic heterocycles. The highest BCUT2D eigenvalue weighted by molar-refractivity contribution is 5.85. The molecule has 2 N–H and O–H groups in total. The maximum absolute atomic E-state index is 12.5. The van der Waals surface area contributed by atoms with Gasteiger partial charge in [-0.25, -0.2) is 0 Å². The largest absolute Gasteiger partial charge is 0.352 e. The number of hydrogen-bond donors (Lipinski definition) is 2. The second kappa shape index (κ2) is 9.24. The molecule has 1 amide bonds. The molecule has 134 valence electrons. The minimum absolute atomic E-state index is 0. The van der Waals surface area contributed by atoms with Crippen molar-refractivity contribution in [1.82, 2.24) is 15.5 Å². The van der Waals surface area contributed by atoms with Crippen LogP contribution < -0.4 is 10.6 Å². The van der Waals surface area contributed by atoms with Crippen molar-refractivity contribution in [2.75, 3.05) is 26.2 Å². The molecule has 3 rings (SSSR count). The van der Waals surface area contributed by atoms with Gasteiger partial charge in [0.05, 0.1) is 6.54 Å². The van der Waals surface area contributed by atoms with Gasteiger partial charge in [-0.15, -0.1) is 12.4 Å². The number of halogens is 1. The minimum atomic E-state index is 0. The standard InChI is InChI=1S/C18H33N3O.ClH/c22-17(20-16-8-4-1-2-5-9-16)14-21-13-12-19-15-18(21)10-6-3-7-11-18;/h16,19H,1-15H2,(H,20,22);1H. The van der Waals surface area contributed by atoms with Gasteiger partial charge in [0.15, 0.2) is 0 Å². The normalized spacial score (nSPS) is 26.3. The molecule has 1 heterocycles. The summed E-state index contributed by atoms with van der Waals surface area (Å²) >= 11 is 0. The topological polar surface area (TPSA) is 44.4 Å². The van der Waals surface area contributed by atoms with Crippen molar-refractivity contribution in [2.45, 2.75) is 82.2 Å². The van der Waals surface area contributed by atoms with Crippen molar-refractivity contribution in [2.24, 2.45) is 0 Å². The van der Waals surface area contributed by atoms with Crippen molar-refractivity contribution in [3.63, 3.8) is 0 Å². The highest BCUT2D eigenvalue weighted by Gasteiger charge is 2.40. The maximum atomic E-state index is 12.5. The number of amides is 1. The van der Waals surface area contributed by atoms with E-state index in [1.807, 2.05) is 0 Å². The van der Waals surface area contributed by atoms with Crippen molar-refractivity contribution in [3.8, 4) is 0 Å². The Balaban J connectivity index is 0.00000192. The van der Waals surface area contributed by atoms with Gasteiger partial charge < -0.3 is 10.6 Å². The molecule has 0 aromatic heterocycles. The summed E-state index contributed by atoms with van der Waals surface area (Å²) < 4.78 is 0. The summed E-state index contributed by atoms with van der Waals surface area (Å²) in [6.07, 6.45) is 14.1. The lowest BCUT2D eigenvalue weighted by molar-refractivity contribution is -0.125. The Morgan fingerprint density at radius 2 is 1.70 bits per heavy atom. The van der Waals surface area contributed by atoms with Crippen molar-refractivity contribution in [3.05, 3.63) is 0 Å². The summed E-state index contributed by atoms with van der Waals surface area (Å²) in [5.41, 5.74) is 0.261. The molecule has 0 atom stereocenters. The fraction of sp³-hybridized carbons (Fsp3) is 0.944. The van der Waals surface area contributed by atoms with Gasteiger partial charge in [-0.3, -0.25) is 9.69 Å². The van der Waals surface area contributed by atoms with Gasteiger partial charge in [-0.2, -0.15) is 0 Å². The smallest absolute Gasteiger partial charge is 0.234 e. The number of rotatable bonds is 3. The van der Waals surface area contributed by atoms with E-state index in [4.69, 9.17) is 0 Å². The Bertz CT molecular complexity index is 355. The molecule has 0 aromatic carbocycles. The summed E-state index contributed by atoms with van der Waals surface area (Å²) in [7, 11) is 0. The van der Waals surface area contributed by atoms with E-state index in [2.05, 4.69) is 15.5 Å². The summed E-state index contributed by atoms with van der Waals surface area (Å²) in [5, 5.41) is 6.89. The Morgan fingerprint density at radius 3 is 2.39 bits per heavy atom. The van der Waals surface area contributed by atoms with E-state index in [-0.39, 0.29) is 23.9 Å². The molecule has 2 saturated carbocycles. The third-order valence-corrected chi connectivity index (χ3v) is 6.02. The number of carbonyl (C=O) groups is 1. The zero-order chi connectivity index (χ0) is 15.3. The number of hydrogen-bond acceptors (Lipinski definition) is 3. The molecule has 3 aliphatic rings. The lowest BCUT2D eigenvalue weighted by Gasteiger charge is -2.49. The molecule has 5 heteroatoms. The highest BCUT2D eigenvalue weighted by Crippen LogP contribution is 2.34. The first-order valence-corrected chi connectivity index (χ1v) is 9.54. The molecule has 1 saturated heterocycles. The van der Waals surface area contributed by atoms with Crippen LogP contribution in [-0.4, -0.2) is 48.6 Å². The number of piperazine rings is 1. The second-order valence-electron chi connectivity index (χ2n) is 7.64. The molecule has 3 fully saturated rings. The summed E-state index contributed by atoms with van der Waals surface area (Å²) in [6.45, 7) is 3.73. The first kappa shape index (κ1) is 19.0. The molecule has 0 bridgehead atoms. The quantitative estimate of drug-likeness (QED) is 0.774. The van der Waals surface area contributed by atoms with Gasteiger partial charge in [0.2, 0.25) is 5.91 Å². The van der Waals surface area contributed by atoms with Gasteiger partial charge in [0.25, 0.3) is 0 Å². The highest BCUT2D eigenvalue weighted by atomic mass is 35.5. The van der Waals surface area contributed by atoms with Crippen LogP contribution in [0.2, 0.25) is 0 Å². The molecule has 0 unspecified atom stereocenters. The molecule has 1 spiro atoms. The zero-order valence-electron chi connectivity index (χ0n) is 14.4. The summed E-state index contributed by atoms with van der Waals surface area (Å²) in [6, 6.07) is 0.431. The van der Waals surface area contributed by atoms with E-state index < -0.39 is 0 Å². The third-order valence-electron chi connectivity index (χ3n) is 6.02. The van der Waals surface area contributed by atoms with Crippen molar-refractivity contribution < 1.29 is 4.79 Å². The second-order valence-corrected chi connectivity index (χ2v) is 7.64. The first-order chi connectivity index (χ1) is 10.8. The van der Waals surface area contributed by atoms with Crippen LogP contribution in [0.25, 0.3) is 0 Å². The average Bonchev–Trinajstić information content (AvgIpc) is 2.79. The van der Waals surface area contributed by atoms with E-state index >= 15 is 0 Å². The van der Waals surface area contributed by atoms with Crippen LogP contribution in [0, 0.1) is 0 Å². The predicted octanol–water partition coefficient (Wildman–Crippen LogP) is 2.86. The van der Waals surface area contributed by atoms with Crippen LogP contribution in [0.4, 0.5) is 0 Å². The molecular formula is C18H34ClN3O. The minimum Gasteiger partial charge on any atom is -0.352 e. The van der Waals surface area contributed by atoms with Crippen molar-refractivity contribution in [1.29, 1.82) is 0 Å². The van der Waals surface area contributed by atoms with Crippen molar-refractivity contribution >= 4 is 18.3 Å². The average molecular weight is 344 g/mol. The number of carbonyl (C=O) groups excluding carboxylic acids is 1. The van der Waals surface area contributed by atoms with E-state index in [1.165, 1.54) is 70.6 Å². The fourth-order valence-corrected chi connectivity index (χ4v) is 4.70. The van der Waals surface area contributed by atoms with Crippen LogP contribution in [0.3, 0.4) is 0 Å². The lowest BCUT2D eigenvalue weighted by atomic mass is 9.79. The van der Waals surface area contributed by atoms with Gasteiger partial charge in [-0.1, -0.05) is 44.9 Å². The van der Waals surface area contributed by atoms with E-state index in [1.54, 1.807) is 0 Å². The van der Waals surface area contributed by atoms with Crippen LogP contribution >= 0.6 is 12.4 Å². The molecule has 0 aromatic rings. The third kappa shape index (κ3) is 5.07. The Labute approximate surface area is 147 Å². The summed E-state index contributed by atoms with van der Waals surface area (Å²) in [4.78, 5) is 15.0. The van der Waals surface area contributed by atoms with E-state index in [9.17, 15) is 4.79 Å². The van der Waals surface area contributed by atoms with Gasteiger partial charge in [0, 0.05) is 31.2 Å². The molecular weight excluding hydrogens is 310 g/mol. The van der Waals surface area contributed by atoms with Crippen LogP contribution in [0.5, 0.6) is 0 Å². The zero-order valence-corrected chi connectivity index (χ0v) is 15.3. The fourth-order valence-electron chi connectivity index (χ4n) is 4.70. The Hall–Kier alpha value is -0.320. The van der Waals surface area contributed by atoms with Gasteiger partial charge in [-0.05, 0) is 25.7 Å². The molecule has 0 radical (unpaired) electrons. The predicted molar refractivity (Wildman–Crippen MR) is 97.1 cm³/mol. The first-order valence-electron chi connectivity index (χ1n) is 9.54.